The zero-order chi connectivity index (χ0) is 25.8. The van der Waals surface area contributed by atoms with E-state index in [1.807, 2.05) is 24.4 Å². The van der Waals surface area contributed by atoms with Crippen LogP contribution in [-0.2, 0) is 25.5 Å². The lowest BCUT2D eigenvalue weighted by Gasteiger charge is -2.24. The highest BCUT2D eigenvalue weighted by atomic mass is 32.1. The summed E-state index contributed by atoms with van der Waals surface area (Å²) in [7, 11) is 0. The van der Waals surface area contributed by atoms with Crippen molar-refractivity contribution in [3.05, 3.63) is 87.6 Å². The van der Waals surface area contributed by atoms with Gasteiger partial charge in [0.1, 0.15) is 17.6 Å². The van der Waals surface area contributed by atoms with Gasteiger partial charge in [0.2, 0.25) is 0 Å². The number of esters is 1. The minimum atomic E-state index is -0.794. The van der Waals surface area contributed by atoms with Crippen LogP contribution in [0.4, 0.5) is 5.69 Å². The zero-order valence-corrected chi connectivity index (χ0v) is 21.1. The molecule has 1 N–H and O–H groups in total. The number of benzene rings is 2. The molecule has 1 fully saturated rings. The number of aliphatic hydroxyl groups excluding tert-OH is 1. The minimum Gasteiger partial charge on any atom is -0.507 e. The highest BCUT2D eigenvalue weighted by molar-refractivity contribution is 7.10. The smallest absolute Gasteiger partial charge is 0.310 e. The summed E-state index contributed by atoms with van der Waals surface area (Å²) in [5.74, 6) is -1.55. The normalized spacial score (nSPS) is 17.0. The van der Waals surface area contributed by atoms with E-state index >= 15 is 0 Å². The standard InChI is InChI=1S/C28H27NO6S/c1-4-34-21-8-5-7-19(16-21)26(31)24-25(22-9-6-14-36-22)29(28(33)27(24)32)20-12-10-18(11-13-20)15-23(30)35-17(2)3/h5-14,16-17,25,31H,4,15H2,1-3H3/b26-24-. The van der Waals surface area contributed by atoms with E-state index in [0.29, 0.717) is 23.6 Å². The predicted octanol–water partition coefficient (Wildman–Crippen LogP) is 5.27. The summed E-state index contributed by atoms with van der Waals surface area (Å²) >= 11 is 1.39. The molecule has 3 aromatic rings. The minimum absolute atomic E-state index is 0.0145. The number of nitrogens with zero attached hydrogens (tertiary/aromatic N) is 1. The highest BCUT2D eigenvalue weighted by Crippen LogP contribution is 2.43. The number of hydrogen-bond donors (Lipinski definition) is 1. The van der Waals surface area contributed by atoms with E-state index in [-0.39, 0.29) is 29.8 Å². The van der Waals surface area contributed by atoms with Crippen LogP contribution in [0.1, 0.15) is 42.8 Å². The number of thiophene rings is 1. The number of carbonyl (C=O) groups excluding carboxylic acids is 3. The Hall–Kier alpha value is -3.91. The molecule has 1 aliphatic heterocycles. The Morgan fingerprint density at radius 2 is 1.83 bits per heavy atom. The zero-order valence-electron chi connectivity index (χ0n) is 20.3. The molecule has 2 aromatic carbocycles. The monoisotopic (exact) mass is 505 g/mol. The third-order valence-electron chi connectivity index (χ3n) is 5.61. The van der Waals surface area contributed by atoms with Crippen molar-refractivity contribution in [2.24, 2.45) is 0 Å². The maximum atomic E-state index is 13.2. The fraction of sp³-hybridized carbons (Fsp3) is 0.250. The van der Waals surface area contributed by atoms with Gasteiger partial charge in [0.15, 0.2) is 0 Å². The summed E-state index contributed by atoms with van der Waals surface area (Å²) in [6.45, 7) is 5.88. The quantitative estimate of drug-likeness (QED) is 0.194. The van der Waals surface area contributed by atoms with Crippen LogP contribution in [0, 0.1) is 0 Å². The predicted molar refractivity (Wildman–Crippen MR) is 138 cm³/mol. The number of ether oxygens (including phenoxy) is 2. The van der Waals surface area contributed by atoms with Crippen molar-refractivity contribution in [2.75, 3.05) is 11.5 Å². The van der Waals surface area contributed by atoms with Crippen LogP contribution in [0.15, 0.2) is 71.6 Å². The molecule has 1 unspecified atom stereocenters. The van der Waals surface area contributed by atoms with Gasteiger partial charge in [-0.3, -0.25) is 19.3 Å². The van der Waals surface area contributed by atoms with Crippen molar-refractivity contribution < 1.29 is 29.0 Å². The summed E-state index contributed by atoms with van der Waals surface area (Å²) in [5.41, 5.74) is 1.61. The Morgan fingerprint density at radius 3 is 2.47 bits per heavy atom. The third kappa shape index (κ3) is 5.18. The van der Waals surface area contributed by atoms with Crippen molar-refractivity contribution in [1.82, 2.24) is 0 Å². The maximum Gasteiger partial charge on any atom is 0.310 e. The summed E-state index contributed by atoms with van der Waals surface area (Å²) in [5, 5.41) is 13.1. The van der Waals surface area contributed by atoms with Crippen LogP contribution in [0.3, 0.4) is 0 Å². The van der Waals surface area contributed by atoms with Gasteiger partial charge in [0.25, 0.3) is 11.7 Å². The summed E-state index contributed by atoms with van der Waals surface area (Å²) in [6, 6.07) is 16.5. The number of carbonyl (C=O) groups is 3. The first kappa shape index (κ1) is 25.2. The van der Waals surface area contributed by atoms with Crippen molar-refractivity contribution in [1.29, 1.82) is 0 Å². The summed E-state index contributed by atoms with van der Waals surface area (Å²) < 4.78 is 10.7. The number of amides is 1. The van der Waals surface area contributed by atoms with E-state index in [0.717, 1.165) is 10.4 Å². The van der Waals surface area contributed by atoms with Crippen molar-refractivity contribution >= 4 is 40.4 Å². The molecule has 1 saturated heterocycles. The average molecular weight is 506 g/mol. The summed E-state index contributed by atoms with van der Waals surface area (Å²) in [4.78, 5) is 40.6. The molecule has 36 heavy (non-hydrogen) atoms. The third-order valence-corrected chi connectivity index (χ3v) is 6.53. The summed E-state index contributed by atoms with van der Waals surface area (Å²) in [6.07, 6.45) is -0.106. The number of rotatable bonds is 8. The number of hydrogen-bond acceptors (Lipinski definition) is 7. The lowest BCUT2D eigenvalue weighted by atomic mass is 9.99. The average Bonchev–Trinajstić information content (AvgIpc) is 3.46. The van der Waals surface area contributed by atoms with Crippen LogP contribution in [0.5, 0.6) is 5.75 Å². The molecular formula is C28H27NO6S. The molecule has 0 aliphatic carbocycles. The van der Waals surface area contributed by atoms with Gasteiger partial charge in [-0.15, -0.1) is 11.3 Å². The molecule has 0 bridgehead atoms. The number of Topliss-reactive ketones (excluding diaryl/α,β-unsaturated/α-hetero) is 1. The van der Waals surface area contributed by atoms with E-state index in [4.69, 9.17) is 9.47 Å². The number of anilines is 1. The number of ketones is 1. The largest absolute Gasteiger partial charge is 0.507 e. The van der Waals surface area contributed by atoms with Gasteiger partial charge < -0.3 is 14.6 Å². The van der Waals surface area contributed by atoms with E-state index in [9.17, 15) is 19.5 Å². The number of aliphatic hydroxyl groups is 1. The van der Waals surface area contributed by atoms with Gasteiger partial charge in [-0.25, -0.2) is 0 Å². The van der Waals surface area contributed by atoms with Gasteiger partial charge in [0.05, 0.1) is 24.7 Å². The molecule has 7 nitrogen and oxygen atoms in total. The molecule has 0 radical (unpaired) electrons. The molecule has 8 heteroatoms. The van der Waals surface area contributed by atoms with Crippen molar-refractivity contribution in [2.45, 2.75) is 39.3 Å². The van der Waals surface area contributed by atoms with Gasteiger partial charge in [-0.2, -0.15) is 0 Å². The Balaban J connectivity index is 1.73. The first-order chi connectivity index (χ1) is 17.3. The second-order valence-corrected chi connectivity index (χ2v) is 9.51. The Morgan fingerprint density at radius 1 is 1.08 bits per heavy atom. The van der Waals surface area contributed by atoms with Crippen molar-refractivity contribution in [3.8, 4) is 5.75 Å². The lowest BCUT2D eigenvalue weighted by Crippen LogP contribution is -2.29. The topological polar surface area (TPSA) is 93.1 Å². The molecule has 2 heterocycles. The molecule has 1 atom stereocenters. The van der Waals surface area contributed by atoms with E-state index in [1.165, 1.54) is 16.2 Å². The SMILES string of the molecule is CCOc1cccc(/C(O)=C2/C(=O)C(=O)N(c3ccc(CC(=O)OC(C)C)cc3)C2c2cccs2)c1. The molecule has 1 aromatic heterocycles. The maximum absolute atomic E-state index is 13.2. The Kier molecular flexibility index (Phi) is 7.55. The molecule has 0 spiro atoms. The van der Waals surface area contributed by atoms with Gasteiger partial charge in [-0.05, 0) is 62.0 Å². The lowest BCUT2D eigenvalue weighted by molar-refractivity contribution is -0.146. The Labute approximate surface area is 213 Å². The molecule has 186 valence electrons. The first-order valence-corrected chi connectivity index (χ1v) is 12.5. The molecule has 0 saturated carbocycles. The second-order valence-electron chi connectivity index (χ2n) is 8.53. The van der Waals surface area contributed by atoms with Gasteiger partial charge in [-0.1, -0.05) is 30.3 Å². The first-order valence-electron chi connectivity index (χ1n) is 11.7. The molecule has 4 rings (SSSR count). The molecule has 1 amide bonds. The van der Waals surface area contributed by atoms with Crippen LogP contribution in [0.25, 0.3) is 5.76 Å². The molecular weight excluding hydrogens is 478 g/mol. The Bertz CT molecular complexity index is 1290. The fourth-order valence-corrected chi connectivity index (χ4v) is 4.94. The fourth-order valence-electron chi connectivity index (χ4n) is 4.12. The van der Waals surface area contributed by atoms with Crippen LogP contribution in [0.2, 0.25) is 0 Å². The highest BCUT2D eigenvalue weighted by Gasteiger charge is 2.47. The van der Waals surface area contributed by atoms with Crippen LogP contribution >= 0.6 is 11.3 Å². The van der Waals surface area contributed by atoms with E-state index in [1.54, 1.807) is 62.4 Å². The van der Waals surface area contributed by atoms with Crippen LogP contribution in [-0.4, -0.2) is 35.5 Å². The van der Waals surface area contributed by atoms with Gasteiger partial charge in [0, 0.05) is 16.1 Å². The van der Waals surface area contributed by atoms with E-state index in [2.05, 4.69) is 0 Å². The van der Waals surface area contributed by atoms with Crippen LogP contribution < -0.4 is 9.64 Å². The van der Waals surface area contributed by atoms with Gasteiger partial charge >= 0.3 is 5.97 Å². The van der Waals surface area contributed by atoms with E-state index < -0.39 is 17.7 Å². The van der Waals surface area contributed by atoms with Crippen molar-refractivity contribution in [3.63, 3.8) is 0 Å². The molecule has 1 aliphatic rings. The second kappa shape index (κ2) is 10.8.